The molecule has 0 radical (unpaired) electrons. The number of nitrogens with zero attached hydrogens (tertiary/aromatic N) is 4. The molecule has 0 amide bonds. The minimum Gasteiger partial charge on any atom is -0.396 e. The fourth-order valence-corrected chi connectivity index (χ4v) is 4.95. The molecular weight excluding hydrogens is 350 g/mol. The standard InChI is InChI=1S/C22H41N5O/c1-17(2)13-19-14-20(24-23-19)15-25-10-11-27(22(16-25)7-12-28)21-5-8-26(9-6-21)18(3)4/h14,17-18,21-22,28H,5-13,15-16H2,1-4H3,(H,23,24)/t22-/m1/s1. The molecule has 1 aromatic rings. The van der Waals surface area contributed by atoms with Crippen LogP contribution < -0.4 is 0 Å². The number of piperidine rings is 1. The second-order valence-corrected chi connectivity index (χ2v) is 9.48. The molecular formula is C22H41N5O. The van der Waals surface area contributed by atoms with Crippen LogP contribution >= 0.6 is 0 Å². The minimum absolute atomic E-state index is 0.280. The van der Waals surface area contributed by atoms with Crippen molar-refractivity contribution in [2.75, 3.05) is 39.3 Å². The van der Waals surface area contributed by atoms with Crippen LogP contribution in [0.3, 0.4) is 0 Å². The molecule has 3 rings (SSSR count). The van der Waals surface area contributed by atoms with Crippen LogP contribution in [-0.4, -0.2) is 87.5 Å². The number of aliphatic hydroxyl groups excluding tert-OH is 1. The Balaban J connectivity index is 1.54. The molecule has 0 aromatic carbocycles. The third kappa shape index (κ3) is 5.78. The van der Waals surface area contributed by atoms with E-state index in [0.29, 0.717) is 24.0 Å². The van der Waals surface area contributed by atoms with E-state index in [-0.39, 0.29) is 6.61 Å². The third-order valence-electron chi connectivity index (χ3n) is 6.47. The van der Waals surface area contributed by atoms with Crippen molar-refractivity contribution in [3.8, 4) is 0 Å². The molecule has 2 aliphatic heterocycles. The van der Waals surface area contributed by atoms with Gasteiger partial charge < -0.3 is 10.0 Å². The molecule has 0 saturated carbocycles. The smallest absolute Gasteiger partial charge is 0.0628 e. The van der Waals surface area contributed by atoms with Crippen LogP contribution in [0.25, 0.3) is 0 Å². The van der Waals surface area contributed by atoms with Crippen LogP contribution in [0.5, 0.6) is 0 Å². The second-order valence-electron chi connectivity index (χ2n) is 9.48. The topological polar surface area (TPSA) is 58.6 Å². The summed E-state index contributed by atoms with van der Waals surface area (Å²) in [6.07, 6.45) is 4.44. The largest absolute Gasteiger partial charge is 0.396 e. The van der Waals surface area contributed by atoms with Crippen molar-refractivity contribution in [3.05, 3.63) is 17.5 Å². The number of aromatic nitrogens is 2. The number of aromatic amines is 1. The number of likely N-dealkylation sites (tertiary alicyclic amines) is 1. The lowest BCUT2D eigenvalue weighted by molar-refractivity contribution is -0.000342. The molecule has 1 aromatic heterocycles. The zero-order chi connectivity index (χ0) is 20.1. The van der Waals surface area contributed by atoms with E-state index in [1.807, 2.05) is 0 Å². The molecule has 0 spiro atoms. The second kappa shape index (κ2) is 10.2. The first-order valence-corrected chi connectivity index (χ1v) is 11.3. The maximum atomic E-state index is 9.64. The van der Waals surface area contributed by atoms with E-state index in [1.54, 1.807) is 0 Å². The predicted molar refractivity (Wildman–Crippen MR) is 114 cm³/mol. The van der Waals surface area contributed by atoms with Crippen LogP contribution in [-0.2, 0) is 13.0 Å². The van der Waals surface area contributed by atoms with E-state index >= 15 is 0 Å². The fraction of sp³-hybridized carbons (Fsp3) is 0.864. The van der Waals surface area contributed by atoms with Gasteiger partial charge in [-0.3, -0.25) is 14.9 Å². The zero-order valence-electron chi connectivity index (χ0n) is 18.4. The van der Waals surface area contributed by atoms with E-state index in [2.05, 4.69) is 58.7 Å². The third-order valence-corrected chi connectivity index (χ3v) is 6.47. The van der Waals surface area contributed by atoms with Gasteiger partial charge in [-0.2, -0.15) is 5.10 Å². The molecule has 2 fully saturated rings. The van der Waals surface area contributed by atoms with E-state index < -0.39 is 0 Å². The van der Waals surface area contributed by atoms with E-state index in [9.17, 15) is 5.11 Å². The van der Waals surface area contributed by atoms with Crippen molar-refractivity contribution in [1.82, 2.24) is 24.9 Å². The van der Waals surface area contributed by atoms with Gasteiger partial charge in [0.25, 0.3) is 0 Å². The van der Waals surface area contributed by atoms with Gasteiger partial charge >= 0.3 is 0 Å². The predicted octanol–water partition coefficient (Wildman–Crippen LogP) is 2.35. The Morgan fingerprint density at radius 2 is 1.89 bits per heavy atom. The average Bonchev–Trinajstić information content (AvgIpc) is 3.08. The van der Waals surface area contributed by atoms with Crippen molar-refractivity contribution >= 4 is 0 Å². The molecule has 2 N–H and O–H groups in total. The summed E-state index contributed by atoms with van der Waals surface area (Å²) < 4.78 is 0. The molecule has 3 heterocycles. The SMILES string of the molecule is CC(C)Cc1cc(CN2CCN(C3CCN(C(C)C)CC3)[C@H](CCO)C2)[nH]n1. The van der Waals surface area contributed by atoms with Gasteiger partial charge in [0.05, 0.1) is 5.69 Å². The Bertz CT molecular complexity index is 579. The summed E-state index contributed by atoms with van der Waals surface area (Å²) in [6.45, 7) is 16.0. The van der Waals surface area contributed by atoms with Gasteiger partial charge in [-0.1, -0.05) is 13.8 Å². The van der Waals surface area contributed by atoms with Crippen LogP contribution in [0.1, 0.15) is 58.3 Å². The molecule has 0 aliphatic carbocycles. The molecule has 160 valence electrons. The lowest BCUT2D eigenvalue weighted by Gasteiger charge is -2.48. The Morgan fingerprint density at radius 3 is 2.54 bits per heavy atom. The summed E-state index contributed by atoms with van der Waals surface area (Å²) in [5, 5.41) is 17.4. The van der Waals surface area contributed by atoms with Crippen molar-refractivity contribution < 1.29 is 5.11 Å². The van der Waals surface area contributed by atoms with Crippen molar-refractivity contribution in [2.45, 2.75) is 78.0 Å². The highest BCUT2D eigenvalue weighted by Crippen LogP contribution is 2.25. The number of H-pyrrole nitrogens is 1. The molecule has 0 unspecified atom stereocenters. The molecule has 2 saturated heterocycles. The van der Waals surface area contributed by atoms with Crippen LogP contribution in [0, 0.1) is 5.92 Å². The lowest BCUT2D eigenvalue weighted by Crippen LogP contribution is -2.58. The van der Waals surface area contributed by atoms with Crippen LogP contribution in [0.4, 0.5) is 0 Å². The maximum Gasteiger partial charge on any atom is 0.0628 e. The van der Waals surface area contributed by atoms with Gasteiger partial charge in [0, 0.05) is 56.6 Å². The number of piperazine rings is 1. The summed E-state index contributed by atoms with van der Waals surface area (Å²) in [7, 11) is 0. The number of rotatable bonds is 8. The molecule has 0 bridgehead atoms. The molecule has 2 aliphatic rings. The van der Waals surface area contributed by atoms with Gasteiger partial charge in [0.15, 0.2) is 0 Å². The van der Waals surface area contributed by atoms with Gasteiger partial charge in [-0.15, -0.1) is 0 Å². The Hall–Kier alpha value is -0.950. The minimum atomic E-state index is 0.280. The number of hydrogen-bond acceptors (Lipinski definition) is 5. The lowest BCUT2D eigenvalue weighted by atomic mass is 9.97. The number of nitrogens with one attached hydrogen (secondary N) is 1. The summed E-state index contributed by atoms with van der Waals surface area (Å²) in [6, 6.07) is 4.03. The first-order chi connectivity index (χ1) is 13.5. The first-order valence-electron chi connectivity index (χ1n) is 11.3. The van der Waals surface area contributed by atoms with E-state index in [4.69, 9.17) is 0 Å². The van der Waals surface area contributed by atoms with Gasteiger partial charge in [0.2, 0.25) is 0 Å². The van der Waals surface area contributed by atoms with Crippen molar-refractivity contribution in [1.29, 1.82) is 0 Å². The van der Waals surface area contributed by atoms with Crippen LogP contribution in [0.15, 0.2) is 6.07 Å². The van der Waals surface area contributed by atoms with Gasteiger partial charge in [0.1, 0.15) is 0 Å². The molecule has 1 atom stereocenters. The number of aliphatic hydroxyl groups is 1. The normalized spacial score (nSPS) is 23.9. The molecule has 6 nitrogen and oxygen atoms in total. The quantitative estimate of drug-likeness (QED) is 0.712. The summed E-state index contributed by atoms with van der Waals surface area (Å²) in [4.78, 5) is 7.84. The number of hydrogen-bond donors (Lipinski definition) is 2. The van der Waals surface area contributed by atoms with Crippen molar-refractivity contribution in [3.63, 3.8) is 0 Å². The van der Waals surface area contributed by atoms with Crippen LogP contribution in [0.2, 0.25) is 0 Å². The van der Waals surface area contributed by atoms with Gasteiger partial charge in [-0.05, 0) is 64.6 Å². The summed E-state index contributed by atoms with van der Waals surface area (Å²) >= 11 is 0. The van der Waals surface area contributed by atoms with Gasteiger partial charge in [-0.25, -0.2) is 0 Å². The zero-order valence-corrected chi connectivity index (χ0v) is 18.4. The maximum absolute atomic E-state index is 9.64. The Morgan fingerprint density at radius 1 is 1.14 bits per heavy atom. The monoisotopic (exact) mass is 391 g/mol. The molecule has 6 heteroatoms. The highest BCUT2D eigenvalue weighted by molar-refractivity contribution is 5.09. The van der Waals surface area contributed by atoms with E-state index in [0.717, 1.165) is 39.0 Å². The average molecular weight is 392 g/mol. The summed E-state index contributed by atoms with van der Waals surface area (Å²) in [5.41, 5.74) is 2.39. The Kier molecular flexibility index (Phi) is 7.92. The molecule has 28 heavy (non-hydrogen) atoms. The van der Waals surface area contributed by atoms with Crippen molar-refractivity contribution in [2.24, 2.45) is 5.92 Å². The summed E-state index contributed by atoms with van der Waals surface area (Å²) in [5.74, 6) is 0.635. The highest BCUT2D eigenvalue weighted by atomic mass is 16.3. The highest BCUT2D eigenvalue weighted by Gasteiger charge is 2.33. The fourth-order valence-electron chi connectivity index (χ4n) is 4.95. The van der Waals surface area contributed by atoms with E-state index in [1.165, 1.54) is 37.3 Å². The Labute approximate surface area is 171 Å². The first kappa shape index (κ1) is 21.8.